The zero-order valence-electron chi connectivity index (χ0n) is 15.1. The van der Waals surface area contributed by atoms with Crippen LogP contribution in [-0.2, 0) is 28.9 Å². The van der Waals surface area contributed by atoms with Crippen LogP contribution >= 0.6 is 0 Å². The van der Waals surface area contributed by atoms with Crippen LogP contribution in [0.15, 0.2) is 18.2 Å². The molecule has 1 unspecified atom stereocenters. The number of nitrogens with one attached hydrogen (secondary N) is 1. The average molecular weight is 362 g/mol. The molecule has 0 saturated carbocycles. The number of rotatable bonds is 3. The fourth-order valence-corrected chi connectivity index (χ4v) is 3.54. The van der Waals surface area contributed by atoms with Crippen molar-refractivity contribution in [2.45, 2.75) is 58.2 Å². The number of carboxylic acid groups (broad SMARTS) is 1. The summed E-state index contributed by atoms with van der Waals surface area (Å²) in [6.45, 7) is 5.23. The van der Waals surface area contributed by atoms with Crippen LogP contribution in [0.5, 0.6) is 0 Å². The van der Waals surface area contributed by atoms with Crippen molar-refractivity contribution in [3.8, 4) is 0 Å². The number of hydrogen-bond donors (Lipinski definition) is 2. The summed E-state index contributed by atoms with van der Waals surface area (Å²) in [7, 11) is 0. The van der Waals surface area contributed by atoms with Crippen LogP contribution in [-0.4, -0.2) is 33.4 Å². The van der Waals surface area contributed by atoms with E-state index in [4.69, 9.17) is 4.74 Å². The Balaban J connectivity index is 1.90. The number of ether oxygens (including phenoxy) is 1. The number of carboxylic acids is 1. The number of carbonyl (C=O) groups is 2. The minimum atomic E-state index is -0.942. The highest BCUT2D eigenvalue weighted by atomic mass is 19.1. The molecule has 1 heterocycles. The van der Waals surface area contributed by atoms with Gasteiger partial charge in [0.25, 0.3) is 0 Å². The first-order valence-corrected chi connectivity index (χ1v) is 8.65. The number of fused-ring (bicyclic) bond motifs is 3. The summed E-state index contributed by atoms with van der Waals surface area (Å²) in [5, 5.41) is 12.8. The average Bonchev–Trinajstić information content (AvgIpc) is 2.78. The van der Waals surface area contributed by atoms with E-state index >= 15 is 0 Å². The van der Waals surface area contributed by atoms with Gasteiger partial charge in [0.1, 0.15) is 18.0 Å². The highest BCUT2D eigenvalue weighted by molar-refractivity contribution is 5.87. The van der Waals surface area contributed by atoms with Crippen molar-refractivity contribution in [3.05, 3.63) is 35.3 Å². The molecule has 2 aromatic rings. The molecule has 1 aliphatic rings. The Morgan fingerprint density at radius 3 is 2.77 bits per heavy atom. The third-order valence-electron chi connectivity index (χ3n) is 4.44. The van der Waals surface area contributed by atoms with Gasteiger partial charge in [0, 0.05) is 22.6 Å². The van der Waals surface area contributed by atoms with Gasteiger partial charge in [-0.3, -0.25) is 4.79 Å². The highest BCUT2D eigenvalue weighted by Crippen LogP contribution is 2.33. The first kappa shape index (κ1) is 18.2. The third kappa shape index (κ3) is 3.81. The number of nitrogens with zero attached hydrogens (tertiary/aromatic N) is 1. The van der Waals surface area contributed by atoms with Crippen LogP contribution in [0, 0.1) is 5.82 Å². The van der Waals surface area contributed by atoms with Crippen molar-refractivity contribution >= 4 is 23.0 Å². The van der Waals surface area contributed by atoms with E-state index in [1.807, 2.05) is 0 Å². The maximum absolute atomic E-state index is 13.8. The van der Waals surface area contributed by atoms with E-state index < -0.39 is 17.7 Å². The maximum Gasteiger partial charge on any atom is 0.407 e. The van der Waals surface area contributed by atoms with Crippen LogP contribution < -0.4 is 5.32 Å². The number of amides is 1. The number of alkyl carbamates (subject to hydrolysis) is 1. The largest absolute Gasteiger partial charge is 0.480 e. The zero-order valence-corrected chi connectivity index (χ0v) is 15.1. The molecule has 1 amide bonds. The molecule has 0 bridgehead atoms. The molecule has 140 valence electrons. The maximum atomic E-state index is 13.8. The summed E-state index contributed by atoms with van der Waals surface area (Å²) in [4.78, 5) is 23.3. The van der Waals surface area contributed by atoms with Gasteiger partial charge in [-0.15, -0.1) is 0 Å². The first-order valence-electron chi connectivity index (χ1n) is 8.65. The van der Waals surface area contributed by atoms with Gasteiger partial charge < -0.3 is 19.7 Å². The molecular weight excluding hydrogens is 339 g/mol. The highest BCUT2D eigenvalue weighted by Gasteiger charge is 2.28. The normalized spacial score (nSPS) is 17.0. The van der Waals surface area contributed by atoms with Crippen LogP contribution in [0.2, 0.25) is 0 Å². The molecule has 3 rings (SSSR count). The van der Waals surface area contributed by atoms with E-state index in [9.17, 15) is 19.1 Å². The Labute approximate surface area is 150 Å². The lowest BCUT2D eigenvalue weighted by atomic mass is 9.91. The number of hydrogen-bond acceptors (Lipinski definition) is 3. The van der Waals surface area contributed by atoms with Crippen molar-refractivity contribution in [2.24, 2.45) is 0 Å². The monoisotopic (exact) mass is 362 g/mol. The van der Waals surface area contributed by atoms with Gasteiger partial charge in [0.2, 0.25) is 0 Å². The Hall–Kier alpha value is -2.57. The molecule has 1 aliphatic carbocycles. The van der Waals surface area contributed by atoms with Crippen molar-refractivity contribution < 1.29 is 23.8 Å². The van der Waals surface area contributed by atoms with Gasteiger partial charge in [-0.1, -0.05) is 0 Å². The number of benzene rings is 1. The summed E-state index contributed by atoms with van der Waals surface area (Å²) in [5.41, 5.74) is 1.92. The Kier molecular flexibility index (Phi) is 4.64. The second kappa shape index (κ2) is 6.63. The molecule has 0 saturated heterocycles. The van der Waals surface area contributed by atoms with E-state index in [2.05, 4.69) is 5.32 Å². The van der Waals surface area contributed by atoms with Crippen molar-refractivity contribution in [1.29, 1.82) is 0 Å². The Morgan fingerprint density at radius 2 is 2.12 bits per heavy atom. The lowest BCUT2D eigenvalue weighted by Gasteiger charge is -2.27. The summed E-state index contributed by atoms with van der Waals surface area (Å²) >= 11 is 0. The second-order valence-corrected chi connectivity index (χ2v) is 7.65. The minimum Gasteiger partial charge on any atom is -0.480 e. The van der Waals surface area contributed by atoms with Gasteiger partial charge in [0.15, 0.2) is 0 Å². The van der Waals surface area contributed by atoms with Gasteiger partial charge >= 0.3 is 12.1 Å². The molecule has 0 aliphatic heterocycles. The first-order chi connectivity index (χ1) is 12.1. The van der Waals surface area contributed by atoms with Crippen molar-refractivity contribution in [3.63, 3.8) is 0 Å². The molecule has 0 spiro atoms. The number of aromatic nitrogens is 1. The molecule has 0 radical (unpaired) electrons. The molecular formula is C19H23FN2O4. The SMILES string of the molecule is CC(C)(C)OC(=O)NC1CCc2c(c3cc(F)ccc3n2CC(=O)O)C1. The lowest BCUT2D eigenvalue weighted by molar-refractivity contribution is -0.137. The quantitative estimate of drug-likeness (QED) is 0.878. The second-order valence-electron chi connectivity index (χ2n) is 7.65. The van der Waals surface area contributed by atoms with Crippen molar-refractivity contribution in [1.82, 2.24) is 9.88 Å². The van der Waals surface area contributed by atoms with Gasteiger partial charge in [-0.05, 0) is 63.8 Å². The van der Waals surface area contributed by atoms with Gasteiger partial charge in [-0.25, -0.2) is 9.18 Å². The Bertz CT molecular complexity index is 867. The summed E-state index contributed by atoms with van der Waals surface area (Å²) in [6.07, 6.45) is 1.32. The molecule has 1 aromatic carbocycles. The predicted octanol–water partition coefficient (Wildman–Crippen LogP) is 3.25. The minimum absolute atomic E-state index is 0.135. The topological polar surface area (TPSA) is 80.6 Å². The van der Waals surface area contributed by atoms with Gasteiger partial charge in [0.05, 0.1) is 0 Å². The van der Waals surface area contributed by atoms with Crippen LogP contribution in [0.25, 0.3) is 10.9 Å². The third-order valence-corrected chi connectivity index (χ3v) is 4.44. The lowest BCUT2D eigenvalue weighted by Crippen LogP contribution is -2.42. The molecule has 6 nitrogen and oxygen atoms in total. The standard InChI is InChI=1S/C19H23FN2O4/c1-19(2,3)26-18(25)21-12-5-7-16-14(9-12)13-8-11(20)4-6-15(13)22(16)10-17(23)24/h4,6,8,12H,5,7,9-10H2,1-3H3,(H,21,25)(H,23,24). The molecule has 0 fully saturated rings. The van der Waals surface area contributed by atoms with E-state index in [1.54, 1.807) is 31.4 Å². The summed E-state index contributed by atoms with van der Waals surface area (Å²) in [5.74, 6) is -1.31. The van der Waals surface area contributed by atoms with Gasteiger partial charge in [-0.2, -0.15) is 0 Å². The van der Waals surface area contributed by atoms with E-state index in [0.717, 1.165) is 11.3 Å². The number of aliphatic carboxylic acids is 1. The fourth-order valence-electron chi connectivity index (χ4n) is 3.54. The predicted molar refractivity (Wildman–Crippen MR) is 94.7 cm³/mol. The van der Waals surface area contributed by atoms with E-state index in [1.165, 1.54) is 12.1 Å². The summed E-state index contributed by atoms with van der Waals surface area (Å²) in [6, 6.07) is 4.25. The molecule has 7 heteroatoms. The molecule has 1 aromatic heterocycles. The number of carbonyl (C=O) groups excluding carboxylic acids is 1. The molecule has 26 heavy (non-hydrogen) atoms. The van der Waals surface area contributed by atoms with E-state index in [-0.39, 0.29) is 18.4 Å². The van der Waals surface area contributed by atoms with Crippen LogP contribution in [0.4, 0.5) is 9.18 Å². The van der Waals surface area contributed by atoms with E-state index in [0.29, 0.717) is 30.2 Å². The summed E-state index contributed by atoms with van der Waals surface area (Å²) < 4.78 is 20.8. The molecule has 1 atom stereocenters. The molecule has 2 N–H and O–H groups in total. The van der Waals surface area contributed by atoms with Crippen LogP contribution in [0.1, 0.15) is 38.4 Å². The number of halogens is 1. The van der Waals surface area contributed by atoms with Crippen molar-refractivity contribution in [2.75, 3.05) is 0 Å². The fraction of sp³-hybridized carbons (Fsp3) is 0.474. The zero-order chi connectivity index (χ0) is 19.1. The smallest absolute Gasteiger partial charge is 0.407 e. The Morgan fingerprint density at radius 1 is 1.38 bits per heavy atom. The van der Waals surface area contributed by atoms with Crippen LogP contribution in [0.3, 0.4) is 0 Å².